The van der Waals surface area contributed by atoms with E-state index in [0.29, 0.717) is 0 Å². The molecule has 0 unspecified atom stereocenters. The standard InChI is InChI=1S/C30H24NO/c1-19-15-29-27(24-14-13-22-11-7-8-12-23(22)30(24)32-29)16-26(19)28-17-25(20(2)18-31(28)3)21-9-5-4-6-10-21/h4-18H,1-3H3/q+1. The molecule has 0 aliphatic rings. The van der Waals surface area contributed by atoms with Crippen LogP contribution in [-0.2, 0) is 7.05 Å². The lowest BCUT2D eigenvalue weighted by Crippen LogP contribution is -2.31. The van der Waals surface area contributed by atoms with E-state index in [2.05, 4.69) is 117 Å². The summed E-state index contributed by atoms with van der Waals surface area (Å²) in [6, 6.07) is 30.2. The number of benzene rings is 4. The lowest BCUT2D eigenvalue weighted by Gasteiger charge is -2.10. The Morgan fingerprint density at radius 2 is 1.44 bits per heavy atom. The summed E-state index contributed by atoms with van der Waals surface area (Å²) in [5, 5.41) is 4.69. The van der Waals surface area contributed by atoms with Crippen LogP contribution in [0.1, 0.15) is 11.1 Å². The fraction of sp³-hybridized carbons (Fsp3) is 0.100. The molecule has 0 saturated heterocycles. The van der Waals surface area contributed by atoms with Gasteiger partial charge in [-0.15, -0.1) is 0 Å². The van der Waals surface area contributed by atoms with Crippen LogP contribution in [0.25, 0.3) is 55.1 Å². The maximum absolute atomic E-state index is 6.37. The Kier molecular flexibility index (Phi) is 4.16. The lowest BCUT2D eigenvalue weighted by molar-refractivity contribution is -0.660. The molecule has 154 valence electrons. The third-order valence-corrected chi connectivity index (χ3v) is 6.54. The van der Waals surface area contributed by atoms with E-state index in [-0.39, 0.29) is 0 Å². The second kappa shape index (κ2) is 7.06. The lowest BCUT2D eigenvalue weighted by atomic mass is 9.96. The van der Waals surface area contributed by atoms with E-state index in [1.807, 2.05) is 0 Å². The Labute approximate surface area is 187 Å². The number of hydrogen-bond acceptors (Lipinski definition) is 1. The van der Waals surface area contributed by atoms with Crippen molar-refractivity contribution in [3.63, 3.8) is 0 Å². The van der Waals surface area contributed by atoms with Crippen LogP contribution in [0.5, 0.6) is 0 Å². The Morgan fingerprint density at radius 3 is 2.28 bits per heavy atom. The molecule has 0 N–H and O–H groups in total. The van der Waals surface area contributed by atoms with Gasteiger partial charge in [-0.2, -0.15) is 0 Å². The van der Waals surface area contributed by atoms with Gasteiger partial charge < -0.3 is 4.42 Å². The van der Waals surface area contributed by atoms with E-state index in [1.165, 1.54) is 38.9 Å². The molecule has 2 nitrogen and oxygen atoms in total. The minimum absolute atomic E-state index is 0.940. The van der Waals surface area contributed by atoms with Crippen LogP contribution in [-0.4, -0.2) is 0 Å². The van der Waals surface area contributed by atoms with Gasteiger partial charge in [0.2, 0.25) is 5.69 Å². The number of aryl methyl sites for hydroxylation is 3. The van der Waals surface area contributed by atoms with Crippen molar-refractivity contribution in [3.8, 4) is 22.4 Å². The summed E-state index contributed by atoms with van der Waals surface area (Å²) in [7, 11) is 2.13. The Balaban J connectivity index is 1.62. The molecule has 0 amide bonds. The topological polar surface area (TPSA) is 17.0 Å². The normalized spacial score (nSPS) is 11.6. The number of fused-ring (bicyclic) bond motifs is 5. The van der Waals surface area contributed by atoms with Gasteiger partial charge in [0.05, 0.1) is 0 Å². The van der Waals surface area contributed by atoms with Gasteiger partial charge in [-0.05, 0) is 54.1 Å². The maximum Gasteiger partial charge on any atom is 0.213 e. The fourth-order valence-electron chi connectivity index (χ4n) is 4.91. The average Bonchev–Trinajstić information content (AvgIpc) is 3.17. The van der Waals surface area contributed by atoms with Crippen LogP contribution in [0.2, 0.25) is 0 Å². The first-order chi connectivity index (χ1) is 15.6. The number of aromatic nitrogens is 1. The molecule has 6 aromatic rings. The van der Waals surface area contributed by atoms with Crippen molar-refractivity contribution >= 4 is 32.7 Å². The van der Waals surface area contributed by atoms with Gasteiger partial charge >= 0.3 is 0 Å². The SMILES string of the molecule is Cc1c[n+](C)c(-c2cc3c(cc2C)oc2c4ccccc4ccc32)cc1-c1ccccc1. The van der Waals surface area contributed by atoms with E-state index in [4.69, 9.17) is 4.42 Å². The van der Waals surface area contributed by atoms with Crippen LogP contribution in [0.15, 0.2) is 95.5 Å². The van der Waals surface area contributed by atoms with E-state index in [1.54, 1.807) is 0 Å². The average molecular weight is 415 g/mol. The van der Waals surface area contributed by atoms with Crippen molar-refractivity contribution < 1.29 is 8.98 Å². The highest BCUT2D eigenvalue weighted by atomic mass is 16.3. The predicted molar refractivity (Wildman–Crippen MR) is 133 cm³/mol. The first-order valence-corrected chi connectivity index (χ1v) is 11.0. The van der Waals surface area contributed by atoms with Gasteiger partial charge in [-0.3, -0.25) is 0 Å². The zero-order valence-electron chi connectivity index (χ0n) is 18.5. The van der Waals surface area contributed by atoms with E-state index in [9.17, 15) is 0 Å². The number of nitrogens with zero attached hydrogens (tertiary/aromatic N) is 1. The number of pyridine rings is 1. The molecule has 0 atom stereocenters. The molecule has 0 saturated carbocycles. The van der Waals surface area contributed by atoms with E-state index < -0.39 is 0 Å². The van der Waals surface area contributed by atoms with Crippen LogP contribution in [0.4, 0.5) is 0 Å². The molecule has 2 heterocycles. The molecule has 0 aliphatic carbocycles. The van der Waals surface area contributed by atoms with Gasteiger partial charge in [0.15, 0.2) is 6.20 Å². The van der Waals surface area contributed by atoms with Crippen molar-refractivity contribution in [1.82, 2.24) is 0 Å². The zero-order chi connectivity index (χ0) is 21.8. The second-order valence-electron chi connectivity index (χ2n) is 8.66. The van der Waals surface area contributed by atoms with Crippen molar-refractivity contribution in [2.24, 2.45) is 7.05 Å². The fourth-order valence-corrected chi connectivity index (χ4v) is 4.91. The first kappa shape index (κ1) is 18.8. The summed E-state index contributed by atoms with van der Waals surface area (Å²) in [6.45, 7) is 4.35. The largest absolute Gasteiger partial charge is 0.455 e. The Morgan fingerprint density at radius 1 is 0.656 bits per heavy atom. The minimum atomic E-state index is 0.940. The molecule has 6 rings (SSSR count). The van der Waals surface area contributed by atoms with Gasteiger partial charge in [0.1, 0.15) is 18.2 Å². The first-order valence-electron chi connectivity index (χ1n) is 11.0. The van der Waals surface area contributed by atoms with Crippen LogP contribution >= 0.6 is 0 Å². The molecule has 0 radical (unpaired) electrons. The summed E-state index contributed by atoms with van der Waals surface area (Å²) in [5.74, 6) is 0. The maximum atomic E-state index is 6.37. The third kappa shape index (κ3) is 2.84. The molecule has 0 aliphatic heterocycles. The van der Waals surface area contributed by atoms with Gasteiger partial charge in [-0.25, -0.2) is 4.57 Å². The number of rotatable bonds is 2. The number of furan rings is 1. The minimum Gasteiger partial charge on any atom is -0.455 e. The molecule has 32 heavy (non-hydrogen) atoms. The highest BCUT2D eigenvalue weighted by molar-refractivity contribution is 6.15. The molecule has 4 aromatic carbocycles. The zero-order valence-corrected chi connectivity index (χ0v) is 18.5. The van der Waals surface area contributed by atoms with Crippen LogP contribution in [0, 0.1) is 13.8 Å². The van der Waals surface area contributed by atoms with Gasteiger partial charge in [0.25, 0.3) is 0 Å². The second-order valence-corrected chi connectivity index (χ2v) is 8.66. The molecule has 0 spiro atoms. The summed E-state index contributed by atoms with van der Waals surface area (Å²) >= 11 is 0. The van der Waals surface area contributed by atoms with Crippen molar-refractivity contribution in [1.29, 1.82) is 0 Å². The van der Waals surface area contributed by atoms with E-state index in [0.717, 1.165) is 27.3 Å². The van der Waals surface area contributed by atoms with Crippen LogP contribution in [0.3, 0.4) is 0 Å². The van der Waals surface area contributed by atoms with Crippen molar-refractivity contribution in [3.05, 3.63) is 102 Å². The van der Waals surface area contributed by atoms with Gasteiger partial charge in [0, 0.05) is 33.4 Å². The highest BCUT2D eigenvalue weighted by Gasteiger charge is 2.19. The third-order valence-electron chi connectivity index (χ3n) is 6.54. The quantitative estimate of drug-likeness (QED) is 0.268. The van der Waals surface area contributed by atoms with Crippen molar-refractivity contribution in [2.75, 3.05) is 0 Å². The molecule has 0 fully saturated rings. The molecular weight excluding hydrogens is 390 g/mol. The smallest absolute Gasteiger partial charge is 0.213 e. The summed E-state index contributed by atoms with van der Waals surface area (Å²) in [5.41, 5.74) is 9.31. The molecular formula is C30H24NO+. The van der Waals surface area contributed by atoms with E-state index >= 15 is 0 Å². The highest BCUT2D eigenvalue weighted by Crippen LogP contribution is 2.37. The molecule has 2 aromatic heterocycles. The van der Waals surface area contributed by atoms with Gasteiger partial charge in [-0.1, -0.05) is 60.7 Å². The monoisotopic (exact) mass is 414 g/mol. The number of hydrogen-bond donors (Lipinski definition) is 0. The molecule has 2 heteroatoms. The Bertz CT molecular complexity index is 1640. The summed E-state index contributed by atoms with van der Waals surface area (Å²) in [6.07, 6.45) is 2.22. The summed E-state index contributed by atoms with van der Waals surface area (Å²) in [4.78, 5) is 0. The van der Waals surface area contributed by atoms with Crippen molar-refractivity contribution in [2.45, 2.75) is 13.8 Å². The summed E-state index contributed by atoms with van der Waals surface area (Å²) < 4.78 is 8.60. The Hall–Kier alpha value is -3.91. The van der Waals surface area contributed by atoms with Crippen LogP contribution < -0.4 is 4.57 Å². The molecule has 0 bridgehead atoms. The predicted octanol–water partition coefficient (Wildman–Crippen LogP) is 7.51.